The summed E-state index contributed by atoms with van der Waals surface area (Å²) < 4.78 is 0. The third-order valence-electron chi connectivity index (χ3n) is 6.65. The highest BCUT2D eigenvalue weighted by molar-refractivity contribution is 6.34. The summed E-state index contributed by atoms with van der Waals surface area (Å²) in [5.74, 6) is -1.12. The summed E-state index contributed by atoms with van der Waals surface area (Å²) in [7, 11) is 0. The molecular weight excluding hydrogens is 378 g/mol. The van der Waals surface area contributed by atoms with Crippen molar-refractivity contribution in [2.24, 2.45) is 5.41 Å². The molecule has 2 aliphatic carbocycles. The number of benzene rings is 2. The second kappa shape index (κ2) is 7.15. The molecule has 30 heavy (non-hydrogen) atoms. The van der Waals surface area contributed by atoms with E-state index in [9.17, 15) is 19.2 Å². The normalized spacial score (nSPS) is 20.3. The maximum absolute atomic E-state index is 13.3. The second-order valence-corrected chi connectivity index (χ2v) is 8.97. The topological polar surface area (TPSA) is 71.5 Å². The van der Waals surface area contributed by atoms with Crippen LogP contribution < -0.4 is 0 Å². The molecule has 1 fully saturated rings. The van der Waals surface area contributed by atoms with Gasteiger partial charge in [-0.1, -0.05) is 27.7 Å². The van der Waals surface area contributed by atoms with Gasteiger partial charge in [-0.15, -0.1) is 0 Å². The van der Waals surface area contributed by atoms with Crippen LogP contribution in [0.15, 0.2) is 24.3 Å². The van der Waals surface area contributed by atoms with Crippen LogP contribution in [0.3, 0.4) is 0 Å². The molecule has 0 atom stereocenters. The minimum atomic E-state index is -0.309. The van der Waals surface area contributed by atoms with Gasteiger partial charge in [-0.3, -0.25) is 24.1 Å². The Morgan fingerprint density at radius 2 is 1.13 bits per heavy atom. The zero-order chi connectivity index (χ0) is 21.8. The first-order valence-corrected chi connectivity index (χ1v) is 10.8. The third kappa shape index (κ3) is 2.91. The molecule has 1 aliphatic heterocycles. The van der Waals surface area contributed by atoms with Crippen LogP contribution in [-0.2, 0) is 0 Å². The molecule has 2 aromatic rings. The van der Waals surface area contributed by atoms with Gasteiger partial charge in [0.2, 0.25) is 0 Å². The molecule has 0 spiro atoms. The number of nitrogens with zero attached hydrogens (tertiary/aromatic N) is 1. The highest BCUT2D eigenvalue weighted by Gasteiger charge is 2.41. The summed E-state index contributed by atoms with van der Waals surface area (Å²) in [5, 5.41) is 0.946. The van der Waals surface area contributed by atoms with Gasteiger partial charge in [0.05, 0.1) is 6.42 Å². The largest absolute Gasteiger partial charge is 0.294 e. The fourth-order valence-corrected chi connectivity index (χ4v) is 4.98. The maximum atomic E-state index is 13.3. The van der Waals surface area contributed by atoms with Crippen LogP contribution in [0.1, 0.15) is 101 Å². The fraction of sp³-hybridized carbons (Fsp3) is 0.440. The zero-order valence-corrected chi connectivity index (χ0v) is 18.0. The Bertz CT molecular complexity index is 1030. The van der Waals surface area contributed by atoms with Gasteiger partial charge in [0.25, 0.3) is 11.8 Å². The molecule has 5 nitrogen and oxygen atoms in total. The highest BCUT2D eigenvalue weighted by atomic mass is 16.2. The highest BCUT2D eigenvalue weighted by Crippen LogP contribution is 2.41. The number of hydrogen-bond acceptors (Lipinski definition) is 4. The van der Waals surface area contributed by atoms with Crippen LogP contribution in [0.25, 0.3) is 10.8 Å². The fourth-order valence-electron chi connectivity index (χ4n) is 4.98. The van der Waals surface area contributed by atoms with Crippen molar-refractivity contribution >= 4 is 34.2 Å². The van der Waals surface area contributed by atoms with Crippen molar-refractivity contribution in [3.8, 4) is 0 Å². The zero-order valence-electron chi connectivity index (χ0n) is 18.0. The van der Waals surface area contributed by atoms with Crippen molar-refractivity contribution in [3.63, 3.8) is 0 Å². The van der Waals surface area contributed by atoms with E-state index in [0.29, 0.717) is 33.0 Å². The number of ketones is 2. The van der Waals surface area contributed by atoms with E-state index < -0.39 is 0 Å². The number of rotatable bonds is 1. The first kappa shape index (κ1) is 20.5. The Kier molecular flexibility index (Phi) is 4.88. The summed E-state index contributed by atoms with van der Waals surface area (Å²) >= 11 is 0. The van der Waals surface area contributed by atoms with E-state index in [0.717, 1.165) is 25.7 Å². The Labute approximate surface area is 176 Å². The van der Waals surface area contributed by atoms with Crippen LogP contribution >= 0.6 is 0 Å². The molecule has 2 aromatic carbocycles. The Balaban J connectivity index is 0.00000106. The minimum Gasteiger partial charge on any atom is -0.294 e. The quantitative estimate of drug-likeness (QED) is 0.483. The van der Waals surface area contributed by atoms with Crippen LogP contribution in [0.4, 0.5) is 0 Å². The molecule has 5 heteroatoms. The van der Waals surface area contributed by atoms with Crippen molar-refractivity contribution < 1.29 is 19.2 Å². The number of hydrogen-bond donors (Lipinski definition) is 0. The summed E-state index contributed by atoms with van der Waals surface area (Å²) in [5.41, 5.74) is 1.94. The van der Waals surface area contributed by atoms with E-state index >= 15 is 0 Å². The van der Waals surface area contributed by atoms with Gasteiger partial charge in [-0.05, 0) is 55.4 Å². The molecule has 0 radical (unpaired) electrons. The lowest BCUT2D eigenvalue weighted by Gasteiger charge is -2.40. The van der Waals surface area contributed by atoms with E-state index in [1.807, 2.05) is 13.8 Å². The average molecular weight is 405 g/mol. The van der Waals surface area contributed by atoms with Gasteiger partial charge < -0.3 is 0 Å². The van der Waals surface area contributed by atoms with Crippen molar-refractivity contribution in [1.82, 2.24) is 4.90 Å². The Morgan fingerprint density at radius 1 is 0.733 bits per heavy atom. The summed E-state index contributed by atoms with van der Waals surface area (Å²) in [6.45, 7) is 8.43. The second-order valence-electron chi connectivity index (χ2n) is 8.97. The van der Waals surface area contributed by atoms with Gasteiger partial charge in [0, 0.05) is 39.1 Å². The first-order chi connectivity index (χ1) is 14.3. The third-order valence-corrected chi connectivity index (χ3v) is 6.65. The number of amides is 2. The van der Waals surface area contributed by atoms with Gasteiger partial charge in [0.15, 0.2) is 11.6 Å². The number of carbonyl (C=O) groups is 4. The number of carbonyl (C=O) groups excluding carboxylic acids is 4. The SMILES string of the molecule is CC.CC1(C)CCC(N2C(=O)c3ccc4c5c(ccc(c35)C2=O)C(=O)CC4=O)CC1. The molecule has 0 unspecified atom stereocenters. The van der Waals surface area contributed by atoms with E-state index in [1.54, 1.807) is 24.3 Å². The molecule has 1 heterocycles. The van der Waals surface area contributed by atoms with Crippen LogP contribution in [0.2, 0.25) is 0 Å². The van der Waals surface area contributed by atoms with Crippen molar-refractivity contribution in [2.45, 2.75) is 65.8 Å². The maximum Gasteiger partial charge on any atom is 0.261 e. The van der Waals surface area contributed by atoms with E-state index in [2.05, 4.69) is 13.8 Å². The summed E-state index contributed by atoms with van der Waals surface area (Å²) in [4.78, 5) is 52.7. The van der Waals surface area contributed by atoms with E-state index in [1.165, 1.54) is 4.90 Å². The number of Topliss-reactive ketones (excluding diaryl/α,β-unsaturated/α-hetero) is 2. The van der Waals surface area contributed by atoms with E-state index in [-0.39, 0.29) is 41.3 Å². The smallest absolute Gasteiger partial charge is 0.261 e. The molecule has 1 saturated carbocycles. The molecule has 2 amide bonds. The Hall–Kier alpha value is -2.82. The standard InChI is InChI=1S/C23H21NO4.C2H6/c1-23(2)9-7-12(8-10-23)24-21(27)15-5-3-13-17(25)11-18(26)14-4-6-16(22(24)28)20(15)19(13)14;1-2/h3-6,12H,7-11H2,1-2H3;1-2H3. The molecule has 0 N–H and O–H groups in total. The summed E-state index contributed by atoms with van der Waals surface area (Å²) in [6, 6.07) is 6.46. The van der Waals surface area contributed by atoms with Crippen molar-refractivity contribution in [2.75, 3.05) is 0 Å². The molecule has 3 aliphatic rings. The monoisotopic (exact) mass is 405 g/mol. The lowest BCUT2D eigenvalue weighted by molar-refractivity contribution is 0.0449. The molecule has 0 saturated heterocycles. The lowest BCUT2D eigenvalue weighted by Crippen LogP contribution is -2.49. The molecule has 5 rings (SSSR count). The minimum absolute atomic E-state index is 0.105. The van der Waals surface area contributed by atoms with Crippen LogP contribution in [0, 0.1) is 5.41 Å². The van der Waals surface area contributed by atoms with Gasteiger partial charge >= 0.3 is 0 Å². The van der Waals surface area contributed by atoms with Gasteiger partial charge in [-0.25, -0.2) is 0 Å². The molecule has 0 bridgehead atoms. The van der Waals surface area contributed by atoms with Gasteiger partial charge in [-0.2, -0.15) is 0 Å². The van der Waals surface area contributed by atoms with Crippen LogP contribution in [0.5, 0.6) is 0 Å². The van der Waals surface area contributed by atoms with E-state index in [4.69, 9.17) is 0 Å². The lowest BCUT2D eigenvalue weighted by atomic mass is 9.74. The number of imide groups is 1. The summed E-state index contributed by atoms with van der Waals surface area (Å²) in [6.07, 6.45) is 3.38. The molecule has 0 aromatic heterocycles. The van der Waals surface area contributed by atoms with Crippen molar-refractivity contribution in [1.29, 1.82) is 0 Å². The molecular formula is C25H27NO4. The van der Waals surface area contributed by atoms with Gasteiger partial charge in [0.1, 0.15) is 0 Å². The van der Waals surface area contributed by atoms with Crippen molar-refractivity contribution in [3.05, 3.63) is 46.5 Å². The molecule has 156 valence electrons. The van der Waals surface area contributed by atoms with Crippen LogP contribution in [-0.4, -0.2) is 34.3 Å². The average Bonchev–Trinajstić information content (AvgIpc) is 2.73. The predicted molar refractivity (Wildman–Crippen MR) is 115 cm³/mol. The predicted octanol–water partition coefficient (Wildman–Crippen LogP) is 5.20. The Morgan fingerprint density at radius 3 is 1.60 bits per heavy atom. The first-order valence-electron chi connectivity index (χ1n) is 10.8.